The third-order valence-electron chi connectivity index (χ3n) is 3.57. The lowest BCUT2D eigenvalue weighted by molar-refractivity contribution is -0.118. The molecular weight excluding hydrogens is 330 g/mol. The minimum absolute atomic E-state index is 0.191. The highest BCUT2D eigenvalue weighted by atomic mass is 19.1. The molecule has 0 atom stereocenters. The second-order valence-corrected chi connectivity index (χ2v) is 5.74. The standard InChI is InChI=1S/C18H16F2N2O3/c19-12-4-7-16(15(20)9-12)25-10-17(23)21-14-3-1-2-11(8-14)18(24)22-13-5-6-13/h1-4,7-9,13H,5-6,10H2,(H,21,23)(H,22,24). The van der Waals surface area contributed by atoms with Crippen molar-refractivity contribution in [3.63, 3.8) is 0 Å². The summed E-state index contributed by atoms with van der Waals surface area (Å²) in [4.78, 5) is 23.9. The van der Waals surface area contributed by atoms with Crippen LogP contribution in [0.5, 0.6) is 5.75 Å². The molecule has 130 valence electrons. The lowest BCUT2D eigenvalue weighted by Gasteiger charge is -2.09. The van der Waals surface area contributed by atoms with Gasteiger partial charge in [0.05, 0.1) is 0 Å². The maximum Gasteiger partial charge on any atom is 0.262 e. The Morgan fingerprint density at radius 3 is 2.64 bits per heavy atom. The highest BCUT2D eigenvalue weighted by molar-refractivity contribution is 5.97. The van der Waals surface area contributed by atoms with Gasteiger partial charge in [-0.05, 0) is 43.2 Å². The summed E-state index contributed by atoms with van der Waals surface area (Å²) in [5.41, 5.74) is 0.867. The number of hydrogen-bond acceptors (Lipinski definition) is 3. The molecule has 1 saturated carbocycles. The van der Waals surface area contributed by atoms with Gasteiger partial charge in [0.1, 0.15) is 5.82 Å². The average molecular weight is 346 g/mol. The molecule has 1 aliphatic rings. The van der Waals surface area contributed by atoms with Gasteiger partial charge >= 0.3 is 0 Å². The zero-order valence-electron chi connectivity index (χ0n) is 13.2. The molecule has 1 fully saturated rings. The molecule has 0 heterocycles. The van der Waals surface area contributed by atoms with E-state index in [1.165, 1.54) is 0 Å². The van der Waals surface area contributed by atoms with E-state index in [1.54, 1.807) is 24.3 Å². The third-order valence-corrected chi connectivity index (χ3v) is 3.57. The van der Waals surface area contributed by atoms with Crippen LogP contribution in [0.1, 0.15) is 23.2 Å². The topological polar surface area (TPSA) is 67.4 Å². The van der Waals surface area contributed by atoms with Crippen LogP contribution in [0.2, 0.25) is 0 Å². The van der Waals surface area contributed by atoms with E-state index < -0.39 is 24.1 Å². The number of carbonyl (C=O) groups is 2. The van der Waals surface area contributed by atoms with Crippen LogP contribution in [0, 0.1) is 11.6 Å². The molecular formula is C18H16F2N2O3. The lowest BCUT2D eigenvalue weighted by atomic mass is 10.2. The fraction of sp³-hybridized carbons (Fsp3) is 0.222. The number of halogens is 2. The Morgan fingerprint density at radius 1 is 1.12 bits per heavy atom. The normalized spacial score (nSPS) is 13.2. The second-order valence-electron chi connectivity index (χ2n) is 5.74. The van der Waals surface area contributed by atoms with Crippen molar-refractivity contribution in [2.75, 3.05) is 11.9 Å². The number of hydrogen-bond donors (Lipinski definition) is 2. The Morgan fingerprint density at radius 2 is 1.92 bits per heavy atom. The lowest BCUT2D eigenvalue weighted by Crippen LogP contribution is -2.25. The molecule has 0 spiro atoms. The van der Waals surface area contributed by atoms with E-state index in [-0.39, 0.29) is 17.7 Å². The molecule has 3 rings (SSSR count). The largest absolute Gasteiger partial charge is 0.481 e. The van der Waals surface area contributed by atoms with Crippen molar-refractivity contribution in [3.8, 4) is 5.75 Å². The average Bonchev–Trinajstić information content (AvgIpc) is 3.38. The maximum absolute atomic E-state index is 13.4. The van der Waals surface area contributed by atoms with Crippen LogP contribution in [0.3, 0.4) is 0 Å². The zero-order chi connectivity index (χ0) is 17.8. The second kappa shape index (κ2) is 7.29. The van der Waals surface area contributed by atoms with Gasteiger partial charge in [0.25, 0.3) is 11.8 Å². The first-order chi connectivity index (χ1) is 12.0. The van der Waals surface area contributed by atoms with E-state index in [0.717, 1.165) is 25.0 Å². The van der Waals surface area contributed by atoms with Crippen LogP contribution in [0.25, 0.3) is 0 Å². The van der Waals surface area contributed by atoms with Crippen LogP contribution in [-0.2, 0) is 4.79 Å². The Bertz CT molecular complexity index is 807. The highest BCUT2D eigenvalue weighted by Crippen LogP contribution is 2.20. The van der Waals surface area contributed by atoms with Crippen molar-refractivity contribution in [1.29, 1.82) is 0 Å². The fourth-order valence-electron chi connectivity index (χ4n) is 2.17. The number of anilines is 1. The molecule has 0 radical (unpaired) electrons. The molecule has 7 heteroatoms. The Hall–Kier alpha value is -2.96. The summed E-state index contributed by atoms with van der Waals surface area (Å²) >= 11 is 0. The van der Waals surface area contributed by atoms with Crippen LogP contribution >= 0.6 is 0 Å². The van der Waals surface area contributed by atoms with Crippen molar-refractivity contribution in [2.24, 2.45) is 0 Å². The molecule has 5 nitrogen and oxygen atoms in total. The quantitative estimate of drug-likeness (QED) is 0.845. The van der Waals surface area contributed by atoms with E-state index >= 15 is 0 Å². The smallest absolute Gasteiger partial charge is 0.262 e. The van der Waals surface area contributed by atoms with E-state index in [0.29, 0.717) is 17.3 Å². The SMILES string of the molecule is O=C(COc1ccc(F)cc1F)Nc1cccc(C(=O)NC2CC2)c1. The Kier molecular flexibility index (Phi) is 4.92. The predicted molar refractivity (Wildman–Crippen MR) is 87.4 cm³/mol. The van der Waals surface area contributed by atoms with Gasteiger partial charge in [0.15, 0.2) is 18.2 Å². The van der Waals surface area contributed by atoms with Crippen LogP contribution < -0.4 is 15.4 Å². The summed E-state index contributed by atoms with van der Waals surface area (Å²) < 4.78 is 31.3. The first-order valence-electron chi connectivity index (χ1n) is 7.80. The number of benzene rings is 2. The van der Waals surface area contributed by atoms with E-state index in [4.69, 9.17) is 4.74 Å². The summed E-state index contributed by atoms with van der Waals surface area (Å²) in [6, 6.07) is 9.55. The predicted octanol–water partition coefficient (Wildman–Crippen LogP) is 2.87. The number of ether oxygens (including phenoxy) is 1. The number of rotatable bonds is 6. The fourth-order valence-corrected chi connectivity index (χ4v) is 2.17. The summed E-state index contributed by atoms with van der Waals surface area (Å²) in [6.45, 7) is -0.443. The van der Waals surface area contributed by atoms with Crippen LogP contribution in [-0.4, -0.2) is 24.5 Å². The van der Waals surface area contributed by atoms with Gasteiger partial charge in [-0.2, -0.15) is 0 Å². The first kappa shape index (κ1) is 16.9. The minimum Gasteiger partial charge on any atom is -0.481 e. The molecule has 0 unspecified atom stereocenters. The van der Waals surface area contributed by atoms with Gasteiger partial charge in [-0.25, -0.2) is 8.78 Å². The van der Waals surface area contributed by atoms with E-state index in [2.05, 4.69) is 10.6 Å². The molecule has 25 heavy (non-hydrogen) atoms. The summed E-state index contributed by atoms with van der Waals surface area (Å²) in [6.07, 6.45) is 1.97. The number of amides is 2. The molecule has 0 aliphatic heterocycles. The number of nitrogens with one attached hydrogen (secondary N) is 2. The van der Waals surface area contributed by atoms with Crippen molar-refractivity contribution < 1.29 is 23.1 Å². The van der Waals surface area contributed by atoms with Gasteiger partial charge in [0.2, 0.25) is 0 Å². The van der Waals surface area contributed by atoms with E-state index in [9.17, 15) is 18.4 Å². The molecule has 2 amide bonds. The molecule has 0 saturated heterocycles. The van der Waals surface area contributed by atoms with Gasteiger partial charge in [-0.3, -0.25) is 9.59 Å². The van der Waals surface area contributed by atoms with Crippen molar-refractivity contribution in [3.05, 3.63) is 59.7 Å². The van der Waals surface area contributed by atoms with Gasteiger partial charge in [-0.1, -0.05) is 6.07 Å². The molecule has 2 aromatic rings. The molecule has 1 aliphatic carbocycles. The third kappa shape index (κ3) is 4.76. The minimum atomic E-state index is -0.883. The molecule has 0 bridgehead atoms. The van der Waals surface area contributed by atoms with E-state index in [1.807, 2.05) is 0 Å². The maximum atomic E-state index is 13.4. The summed E-state index contributed by atoms with van der Waals surface area (Å²) in [5, 5.41) is 5.43. The van der Waals surface area contributed by atoms with Crippen molar-refractivity contribution >= 4 is 17.5 Å². The monoisotopic (exact) mass is 346 g/mol. The van der Waals surface area contributed by atoms with Gasteiger partial charge < -0.3 is 15.4 Å². The summed E-state index contributed by atoms with van der Waals surface area (Å²) in [5.74, 6) is -2.54. The molecule has 2 N–H and O–H groups in total. The van der Waals surface area contributed by atoms with Gasteiger partial charge in [0, 0.05) is 23.4 Å². The van der Waals surface area contributed by atoms with Crippen molar-refractivity contribution in [1.82, 2.24) is 5.32 Å². The van der Waals surface area contributed by atoms with Crippen LogP contribution in [0.4, 0.5) is 14.5 Å². The Labute approximate surface area is 143 Å². The number of carbonyl (C=O) groups excluding carboxylic acids is 2. The zero-order valence-corrected chi connectivity index (χ0v) is 13.2. The molecule has 0 aromatic heterocycles. The van der Waals surface area contributed by atoms with Crippen molar-refractivity contribution in [2.45, 2.75) is 18.9 Å². The van der Waals surface area contributed by atoms with Gasteiger partial charge in [-0.15, -0.1) is 0 Å². The highest BCUT2D eigenvalue weighted by Gasteiger charge is 2.23. The molecule has 2 aromatic carbocycles. The van der Waals surface area contributed by atoms with Crippen LogP contribution in [0.15, 0.2) is 42.5 Å². The first-order valence-corrected chi connectivity index (χ1v) is 7.80. The summed E-state index contributed by atoms with van der Waals surface area (Å²) in [7, 11) is 0. The Balaban J connectivity index is 1.56.